The number of aryl methyl sites for hydroxylation is 1. The number of hydrogen-bond acceptors (Lipinski definition) is 2. The van der Waals surface area contributed by atoms with Crippen molar-refractivity contribution in [3.8, 4) is 0 Å². The molecular weight excluding hydrogens is 255 g/mol. The van der Waals surface area contributed by atoms with Crippen LogP contribution in [-0.2, 0) is 4.74 Å². The third-order valence-electron chi connectivity index (χ3n) is 4.16. The average Bonchev–Trinajstić information content (AvgIpc) is 2.41. The Labute approximate surface area is 120 Å². The Morgan fingerprint density at radius 2 is 2.25 bits per heavy atom. The van der Waals surface area contributed by atoms with Crippen LogP contribution in [0.5, 0.6) is 0 Å². The van der Waals surface area contributed by atoms with Crippen molar-refractivity contribution in [2.24, 2.45) is 5.92 Å². The van der Waals surface area contributed by atoms with Crippen LogP contribution >= 0.6 is 0 Å². The molecule has 1 saturated carbocycles. The first-order valence-electron chi connectivity index (χ1n) is 7.43. The summed E-state index contributed by atoms with van der Waals surface area (Å²) in [6.07, 6.45) is 3.45. The molecule has 20 heavy (non-hydrogen) atoms. The Morgan fingerprint density at radius 1 is 1.50 bits per heavy atom. The van der Waals surface area contributed by atoms with Gasteiger partial charge in [-0.2, -0.15) is 0 Å². The van der Waals surface area contributed by atoms with Crippen LogP contribution in [0, 0.1) is 18.7 Å². The van der Waals surface area contributed by atoms with E-state index in [0.29, 0.717) is 25.4 Å². The first-order valence-corrected chi connectivity index (χ1v) is 7.43. The molecule has 0 N–H and O–H groups in total. The van der Waals surface area contributed by atoms with E-state index in [4.69, 9.17) is 4.74 Å². The van der Waals surface area contributed by atoms with Crippen molar-refractivity contribution in [2.75, 3.05) is 6.61 Å². The maximum Gasteiger partial charge on any atom is 0.197 e. The van der Waals surface area contributed by atoms with Crippen molar-refractivity contribution < 1.29 is 13.9 Å². The zero-order valence-electron chi connectivity index (χ0n) is 12.5. The Balaban J connectivity index is 2.38. The molecule has 1 aromatic rings. The van der Waals surface area contributed by atoms with E-state index >= 15 is 0 Å². The van der Waals surface area contributed by atoms with Crippen LogP contribution in [0.25, 0.3) is 0 Å². The van der Waals surface area contributed by atoms with Gasteiger partial charge < -0.3 is 4.74 Å². The number of carbonyl (C=O) groups is 1. The van der Waals surface area contributed by atoms with Crippen LogP contribution in [-0.4, -0.2) is 18.0 Å². The summed E-state index contributed by atoms with van der Waals surface area (Å²) in [5.74, 6) is -0.197. The lowest BCUT2D eigenvalue weighted by atomic mass is 9.74. The molecule has 2 unspecified atom stereocenters. The van der Waals surface area contributed by atoms with E-state index < -0.39 is 11.4 Å². The van der Waals surface area contributed by atoms with E-state index in [1.54, 1.807) is 12.1 Å². The molecule has 0 aliphatic heterocycles. The van der Waals surface area contributed by atoms with Crippen LogP contribution in [0.2, 0.25) is 0 Å². The molecule has 2 atom stereocenters. The second-order valence-corrected chi connectivity index (χ2v) is 5.94. The van der Waals surface area contributed by atoms with Crippen LogP contribution in [0.1, 0.15) is 55.5 Å². The van der Waals surface area contributed by atoms with Gasteiger partial charge in [-0.3, -0.25) is 4.79 Å². The van der Waals surface area contributed by atoms with E-state index in [1.807, 2.05) is 13.8 Å². The normalized spacial score (nSPS) is 26.5. The molecule has 1 fully saturated rings. The number of halogens is 1. The molecule has 110 valence electrons. The highest BCUT2D eigenvalue weighted by atomic mass is 19.1. The minimum atomic E-state index is -0.832. The SMILES string of the molecule is CCOC1(C(=O)c2cc(C)ccc2F)CCCC(C)C1. The molecule has 2 rings (SSSR count). The van der Waals surface area contributed by atoms with Crippen molar-refractivity contribution in [2.45, 2.75) is 52.1 Å². The molecule has 0 radical (unpaired) electrons. The third-order valence-corrected chi connectivity index (χ3v) is 4.16. The fraction of sp³-hybridized carbons (Fsp3) is 0.588. The fourth-order valence-corrected chi connectivity index (χ4v) is 3.24. The molecule has 0 aromatic heterocycles. The minimum absolute atomic E-state index is 0.174. The van der Waals surface area contributed by atoms with Crippen LogP contribution in [0.4, 0.5) is 4.39 Å². The maximum absolute atomic E-state index is 14.0. The summed E-state index contributed by atoms with van der Waals surface area (Å²) in [6.45, 7) is 6.37. The quantitative estimate of drug-likeness (QED) is 0.767. The number of rotatable bonds is 4. The van der Waals surface area contributed by atoms with Gasteiger partial charge >= 0.3 is 0 Å². The first-order chi connectivity index (χ1) is 9.48. The van der Waals surface area contributed by atoms with E-state index in [1.165, 1.54) is 6.07 Å². The number of hydrogen-bond donors (Lipinski definition) is 0. The van der Waals surface area contributed by atoms with Crippen molar-refractivity contribution in [1.29, 1.82) is 0 Å². The predicted molar refractivity (Wildman–Crippen MR) is 77.5 cm³/mol. The lowest BCUT2D eigenvalue weighted by Crippen LogP contribution is -2.45. The molecule has 0 bridgehead atoms. The van der Waals surface area contributed by atoms with Gasteiger partial charge in [0, 0.05) is 6.61 Å². The van der Waals surface area contributed by atoms with Gasteiger partial charge in [-0.25, -0.2) is 4.39 Å². The molecule has 0 amide bonds. The Hall–Kier alpha value is -1.22. The monoisotopic (exact) mass is 278 g/mol. The molecule has 0 heterocycles. The van der Waals surface area contributed by atoms with Gasteiger partial charge in [-0.1, -0.05) is 25.0 Å². The Bertz CT molecular complexity index is 494. The second kappa shape index (κ2) is 6.04. The van der Waals surface area contributed by atoms with Gasteiger partial charge in [0.25, 0.3) is 0 Å². The van der Waals surface area contributed by atoms with Gasteiger partial charge in [0.15, 0.2) is 5.78 Å². The lowest BCUT2D eigenvalue weighted by Gasteiger charge is -2.38. The standard InChI is InChI=1S/C17H23FO2/c1-4-20-17(9-5-6-13(3)11-17)16(19)14-10-12(2)7-8-15(14)18/h7-8,10,13H,4-6,9,11H2,1-3H3. The summed E-state index contributed by atoms with van der Waals surface area (Å²) in [5.41, 5.74) is 0.235. The summed E-state index contributed by atoms with van der Waals surface area (Å²) in [6, 6.07) is 4.69. The summed E-state index contributed by atoms with van der Waals surface area (Å²) in [5, 5.41) is 0. The van der Waals surface area contributed by atoms with E-state index in [-0.39, 0.29) is 11.3 Å². The Morgan fingerprint density at radius 3 is 2.90 bits per heavy atom. The van der Waals surface area contributed by atoms with Crippen molar-refractivity contribution >= 4 is 5.78 Å². The second-order valence-electron chi connectivity index (χ2n) is 5.94. The molecule has 1 aliphatic carbocycles. The number of benzene rings is 1. The zero-order chi connectivity index (χ0) is 14.8. The van der Waals surface area contributed by atoms with E-state index in [9.17, 15) is 9.18 Å². The highest BCUT2D eigenvalue weighted by Gasteiger charge is 2.43. The molecule has 1 aromatic carbocycles. The molecule has 3 heteroatoms. The molecule has 0 spiro atoms. The maximum atomic E-state index is 14.0. The first kappa shape index (κ1) is 15.2. The van der Waals surface area contributed by atoms with Crippen LogP contribution in [0.15, 0.2) is 18.2 Å². The topological polar surface area (TPSA) is 26.3 Å². The number of ether oxygens (including phenoxy) is 1. The minimum Gasteiger partial charge on any atom is -0.367 e. The average molecular weight is 278 g/mol. The molecule has 2 nitrogen and oxygen atoms in total. The highest BCUT2D eigenvalue weighted by Crippen LogP contribution is 2.38. The highest BCUT2D eigenvalue weighted by molar-refractivity contribution is 6.03. The number of ketones is 1. The van der Waals surface area contributed by atoms with Gasteiger partial charge in [-0.05, 0) is 51.2 Å². The summed E-state index contributed by atoms with van der Waals surface area (Å²) in [7, 11) is 0. The largest absolute Gasteiger partial charge is 0.367 e. The fourth-order valence-electron chi connectivity index (χ4n) is 3.24. The number of Topliss-reactive ketones (excluding diaryl/α,β-unsaturated/α-hetero) is 1. The number of carbonyl (C=O) groups excluding carboxylic acids is 1. The van der Waals surface area contributed by atoms with E-state index in [0.717, 1.165) is 18.4 Å². The van der Waals surface area contributed by atoms with Gasteiger partial charge in [-0.15, -0.1) is 0 Å². The lowest BCUT2D eigenvalue weighted by molar-refractivity contribution is -0.0513. The van der Waals surface area contributed by atoms with Crippen LogP contribution < -0.4 is 0 Å². The third kappa shape index (κ3) is 2.93. The van der Waals surface area contributed by atoms with Crippen LogP contribution in [0.3, 0.4) is 0 Å². The van der Waals surface area contributed by atoms with Gasteiger partial charge in [0.05, 0.1) is 5.56 Å². The smallest absolute Gasteiger partial charge is 0.197 e. The zero-order valence-corrected chi connectivity index (χ0v) is 12.5. The Kier molecular flexibility index (Phi) is 4.59. The van der Waals surface area contributed by atoms with Gasteiger partial charge in [0.2, 0.25) is 0 Å². The van der Waals surface area contributed by atoms with Gasteiger partial charge in [0.1, 0.15) is 11.4 Å². The van der Waals surface area contributed by atoms with E-state index in [2.05, 4.69) is 6.92 Å². The predicted octanol–water partition coefficient (Wildman–Crippen LogP) is 4.30. The summed E-state index contributed by atoms with van der Waals surface area (Å²) < 4.78 is 19.8. The van der Waals surface area contributed by atoms with Crippen molar-refractivity contribution in [3.05, 3.63) is 35.1 Å². The summed E-state index contributed by atoms with van der Waals surface area (Å²) in [4.78, 5) is 12.9. The van der Waals surface area contributed by atoms with Crippen molar-refractivity contribution in [1.82, 2.24) is 0 Å². The molecular formula is C17H23FO2. The van der Waals surface area contributed by atoms with Crippen molar-refractivity contribution in [3.63, 3.8) is 0 Å². The molecule has 1 aliphatic rings. The molecule has 0 saturated heterocycles. The summed E-state index contributed by atoms with van der Waals surface area (Å²) >= 11 is 0.